The zero-order valence-corrected chi connectivity index (χ0v) is 9.48. The highest BCUT2D eigenvalue weighted by Gasteiger charge is 2.14. The predicted molar refractivity (Wildman–Crippen MR) is 59.7 cm³/mol. The Hall–Kier alpha value is -1.36. The van der Waals surface area contributed by atoms with Gasteiger partial charge >= 0.3 is 6.01 Å². The van der Waals surface area contributed by atoms with Gasteiger partial charge in [0, 0.05) is 12.3 Å². The third kappa shape index (κ3) is 3.06. The summed E-state index contributed by atoms with van der Waals surface area (Å²) in [5, 5.41) is 3.32. The SMILES string of the molecule is COc1ccnc(OCC2CCNCC2)n1. The van der Waals surface area contributed by atoms with Gasteiger partial charge in [-0.15, -0.1) is 0 Å². The molecule has 0 spiro atoms. The van der Waals surface area contributed by atoms with Gasteiger partial charge in [0.1, 0.15) is 0 Å². The molecule has 0 saturated carbocycles. The second-order valence-electron chi connectivity index (χ2n) is 3.89. The Bertz CT molecular complexity index is 327. The standard InChI is InChI=1S/C11H17N3O2/c1-15-10-4-7-13-11(14-10)16-8-9-2-5-12-6-3-9/h4,7,9,12H,2-3,5-6,8H2,1H3. The van der Waals surface area contributed by atoms with Crippen LogP contribution in [-0.4, -0.2) is 36.8 Å². The maximum absolute atomic E-state index is 5.56. The van der Waals surface area contributed by atoms with Gasteiger partial charge in [0.25, 0.3) is 0 Å². The van der Waals surface area contributed by atoms with Gasteiger partial charge < -0.3 is 14.8 Å². The summed E-state index contributed by atoms with van der Waals surface area (Å²) in [4.78, 5) is 8.15. The zero-order chi connectivity index (χ0) is 11.2. The predicted octanol–water partition coefficient (Wildman–Crippen LogP) is 0.864. The normalized spacial score (nSPS) is 17.1. The van der Waals surface area contributed by atoms with Crippen molar-refractivity contribution in [1.82, 2.24) is 15.3 Å². The smallest absolute Gasteiger partial charge is 0.319 e. The maximum atomic E-state index is 5.56. The van der Waals surface area contributed by atoms with Crippen molar-refractivity contribution in [2.24, 2.45) is 5.92 Å². The quantitative estimate of drug-likeness (QED) is 0.820. The highest BCUT2D eigenvalue weighted by Crippen LogP contribution is 2.14. The molecular formula is C11H17N3O2. The van der Waals surface area contributed by atoms with Crippen molar-refractivity contribution in [1.29, 1.82) is 0 Å². The summed E-state index contributed by atoms with van der Waals surface area (Å²) in [5.74, 6) is 1.14. The lowest BCUT2D eigenvalue weighted by molar-refractivity contribution is 0.200. The number of nitrogens with zero attached hydrogens (tertiary/aromatic N) is 2. The third-order valence-electron chi connectivity index (χ3n) is 2.72. The Labute approximate surface area is 95.2 Å². The van der Waals surface area contributed by atoms with Gasteiger partial charge in [-0.3, -0.25) is 0 Å². The van der Waals surface area contributed by atoms with Crippen molar-refractivity contribution in [3.8, 4) is 11.9 Å². The number of rotatable bonds is 4. The Balaban J connectivity index is 1.83. The van der Waals surface area contributed by atoms with Crippen LogP contribution >= 0.6 is 0 Å². The van der Waals surface area contributed by atoms with E-state index in [0.717, 1.165) is 25.9 Å². The van der Waals surface area contributed by atoms with Crippen LogP contribution in [0.15, 0.2) is 12.3 Å². The van der Waals surface area contributed by atoms with Gasteiger partial charge in [0.2, 0.25) is 5.88 Å². The highest BCUT2D eigenvalue weighted by atomic mass is 16.5. The molecule has 1 saturated heterocycles. The Kier molecular flexibility index (Phi) is 3.93. The molecule has 0 bridgehead atoms. The second kappa shape index (κ2) is 5.65. The number of piperidine rings is 1. The van der Waals surface area contributed by atoms with Gasteiger partial charge in [-0.25, -0.2) is 4.98 Å². The number of ether oxygens (including phenoxy) is 2. The van der Waals surface area contributed by atoms with Crippen LogP contribution in [0.5, 0.6) is 11.9 Å². The minimum absolute atomic E-state index is 0.401. The van der Waals surface area contributed by atoms with E-state index in [4.69, 9.17) is 9.47 Å². The minimum atomic E-state index is 0.401. The lowest BCUT2D eigenvalue weighted by Crippen LogP contribution is -2.30. The van der Waals surface area contributed by atoms with E-state index >= 15 is 0 Å². The summed E-state index contributed by atoms with van der Waals surface area (Å²) < 4.78 is 10.6. The van der Waals surface area contributed by atoms with Crippen LogP contribution in [0.2, 0.25) is 0 Å². The molecule has 0 radical (unpaired) electrons. The molecule has 2 heterocycles. The molecule has 1 aromatic rings. The molecule has 0 atom stereocenters. The molecule has 1 fully saturated rings. The molecule has 1 aliphatic heterocycles. The topological polar surface area (TPSA) is 56.3 Å². The summed E-state index contributed by atoms with van der Waals surface area (Å²) in [6, 6.07) is 2.11. The maximum Gasteiger partial charge on any atom is 0.319 e. The van der Waals surface area contributed by atoms with Crippen molar-refractivity contribution >= 4 is 0 Å². The molecule has 5 nitrogen and oxygen atoms in total. The molecule has 5 heteroatoms. The summed E-state index contributed by atoms with van der Waals surface area (Å²) in [7, 11) is 1.58. The van der Waals surface area contributed by atoms with E-state index in [1.807, 2.05) is 0 Å². The monoisotopic (exact) mass is 223 g/mol. The first-order valence-electron chi connectivity index (χ1n) is 5.59. The molecular weight excluding hydrogens is 206 g/mol. The number of methoxy groups -OCH3 is 1. The fourth-order valence-corrected chi connectivity index (χ4v) is 1.75. The first kappa shape index (κ1) is 11.1. The minimum Gasteiger partial charge on any atom is -0.481 e. The van der Waals surface area contributed by atoms with Gasteiger partial charge in [0.15, 0.2) is 0 Å². The zero-order valence-electron chi connectivity index (χ0n) is 9.48. The van der Waals surface area contributed by atoms with Gasteiger partial charge in [-0.1, -0.05) is 0 Å². The highest BCUT2D eigenvalue weighted by molar-refractivity contribution is 5.10. The Morgan fingerprint density at radius 1 is 1.44 bits per heavy atom. The van der Waals surface area contributed by atoms with E-state index in [0.29, 0.717) is 24.4 Å². The van der Waals surface area contributed by atoms with Gasteiger partial charge in [-0.05, 0) is 31.8 Å². The Morgan fingerprint density at radius 3 is 3.00 bits per heavy atom. The van der Waals surface area contributed by atoms with Crippen molar-refractivity contribution in [2.45, 2.75) is 12.8 Å². The molecule has 0 amide bonds. The van der Waals surface area contributed by atoms with Crippen molar-refractivity contribution < 1.29 is 9.47 Å². The van der Waals surface area contributed by atoms with E-state index in [9.17, 15) is 0 Å². The van der Waals surface area contributed by atoms with Crippen LogP contribution in [0.25, 0.3) is 0 Å². The van der Waals surface area contributed by atoms with E-state index in [2.05, 4.69) is 15.3 Å². The number of nitrogens with one attached hydrogen (secondary N) is 1. The molecule has 1 aliphatic rings. The van der Waals surface area contributed by atoms with Crippen LogP contribution in [0.3, 0.4) is 0 Å². The number of aromatic nitrogens is 2. The number of hydrogen-bond acceptors (Lipinski definition) is 5. The number of hydrogen-bond donors (Lipinski definition) is 1. The average Bonchev–Trinajstić information content (AvgIpc) is 2.38. The third-order valence-corrected chi connectivity index (χ3v) is 2.72. The van der Waals surface area contributed by atoms with E-state index in [1.54, 1.807) is 19.4 Å². The largest absolute Gasteiger partial charge is 0.481 e. The van der Waals surface area contributed by atoms with Gasteiger partial charge in [-0.2, -0.15) is 4.98 Å². The lowest BCUT2D eigenvalue weighted by Gasteiger charge is -2.21. The van der Waals surface area contributed by atoms with E-state index in [-0.39, 0.29) is 0 Å². The lowest BCUT2D eigenvalue weighted by atomic mass is 9.99. The fraction of sp³-hybridized carbons (Fsp3) is 0.636. The van der Waals surface area contributed by atoms with Gasteiger partial charge in [0.05, 0.1) is 13.7 Å². The van der Waals surface area contributed by atoms with E-state index < -0.39 is 0 Å². The molecule has 88 valence electrons. The second-order valence-corrected chi connectivity index (χ2v) is 3.89. The first-order valence-corrected chi connectivity index (χ1v) is 5.59. The summed E-state index contributed by atoms with van der Waals surface area (Å²) in [6.07, 6.45) is 3.96. The molecule has 0 aromatic carbocycles. The molecule has 16 heavy (non-hydrogen) atoms. The van der Waals surface area contributed by atoms with Crippen molar-refractivity contribution in [3.63, 3.8) is 0 Å². The first-order chi connectivity index (χ1) is 7.88. The van der Waals surface area contributed by atoms with Crippen molar-refractivity contribution in [3.05, 3.63) is 12.3 Å². The molecule has 1 N–H and O–H groups in total. The van der Waals surface area contributed by atoms with E-state index in [1.165, 1.54) is 0 Å². The summed E-state index contributed by atoms with van der Waals surface area (Å²) in [5.41, 5.74) is 0. The average molecular weight is 223 g/mol. The van der Waals surface area contributed by atoms with Crippen LogP contribution in [0, 0.1) is 5.92 Å². The molecule has 0 aliphatic carbocycles. The fourth-order valence-electron chi connectivity index (χ4n) is 1.75. The van der Waals surface area contributed by atoms with Crippen LogP contribution in [0.4, 0.5) is 0 Å². The van der Waals surface area contributed by atoms with Crippen molar-refractivity contribution in [2.75, 3.05) is 26.8 Å². The van der Waals surface area contributed by atoms with Crippen LogP contribution in [-0.2, 0) is 0 Å². The Morgan fingerprint density at radius 2 is 2.25 bits per heavy atom. The van der Waals surface area contributed by atoms with Crippen LogP contribution < -0.4 is 14.8 Å². The molecule has 0 unspecified atom stereocenters. The molecule has 1 aromatic heterocycles. The summed E-state index contributed by atoms with van der Waals surface area (Å²) in [6.45, 7) is 2.84. The van der Waals surface area contributed by atoms with Crippen LogP contribution in [0.1, 0.15) is 12.8 Å². The summed E-state index contributed by atoms with van der Waals surface area (Å²) >= 11 is 0. The molecule has 2 rings (SSSR count).